The zero-order valence-electron chi connectivity index (χ0n) is 5.66. The monoisotopic (exact) mass is 134 g/mol. The van der Waals surface area contributed by atoms with Crippen molar-refractivity contribution in [3.05, 3.63) is 0 Å². The van der Waals surface area contributed by atoms with Gasteiger partial charge in [-0.2, -0.15) is 0 Å². The molecular formula is C7H12F2. The predicted molar refractivity (Wildman–Crippen MR) is 32.6 cm³/mol. The van der Waals surface area contributed by atoms with E-state index in [2.05, 4.69) is 0 Å². The van der Waals surface area contributed by atoms with E-state index in [0.717, 1.165) is 12.8 Å². The fraction of sp³-hybridized carbons (Fsp3) is 1.00. The van der Waals surface area contributed by atoms with E-state index in [1.807, 2.05) is 0 Å². The van der Waals surface area contributed by atoms with Gasteiger partial charge >= 0.3 is 0 Å². The molecule has 1 aliphatic carbocycles. The first-order chi connectivity index (χ1) is 4.14. The number of rotatable bonds is 3. The number of halogens is 2. The standard InChI is InChI=1S/C7H12F2/c1-2-7(8,9)5-6-3-4-6/h6H,2-5H2,1H3. The molecule has 54 valence electrons. The maximum Gasteiger partial charge on any atom is 0.248 e. The molecule has 0 spiro atoms. The van der Waals surface area contributed by atoms with Crippen molar-refractivity contribution in [3.8, 4) is 0 Å². The first-order valence-electron chi connectivity index (χ1n) is 3.52. The Kier molecular flexibility index (Phi) is 1.73. The first-order valence-corrected chi connectivity index (χ1v) is 3.52. The zero-order chi connectivity index (χ0) is 6.91. The molecule has 0 aromatic rings. The van der Waals surface area contributed by atoms with Crippen LogP contribution in [0.4, 0.5) is 8.78 Å². The van der Waals surface area contributed by atoms with Crippen molar-refractivity contribution >= 4 is 0 Å². The fourth-order valence-electron chi connectivity index (χ4n) is 0.889. The van der Waals surface area contributed by atoms with Gasteiger partial charge < -0.3 is 0 Å². The Bertz CT molecular complexity index is 95.1. The van der Waals surface area contributed by atoms with Crippen LogP contribution in [0.1, 0.15) is 32.6 Å². The van der Waals surface area contributed by atoms with Crippen molar-refractivity contribution in [2.45, 2.75) is 38.5 Å². The van der Waals surface area contributed by atoms with Gasteiger partial charge in [0.25, 0.3) is 0 Å². The maximum absolute atomic E-state index is 12.4. The molecule has 2 heteroatoms. The van der Waals surface area contributed by atoms with Crippen molar-refractivity contribution in [1.82, 2.24) is 0 Å². The third-order valence-electron chi connectivity index (χ3n) is 1.80. The average Bonchev–Trinajstić information content (AvgIpc) is 2.50. The van der Waals surface area contributed by atoms with Crippen LogP contribution >= 0.6 is 0 Å². The molecule has 0 N–H and O–H groups in total. The van der Waals surface area contributed by atoms with E-state index in [1.54, 1.807) is 6.92 Å². The van der Waals surface area contributed by atoms with Gasteiger partial charge in [0.05, 0.1) is 0 Å². The highest BCUT2D eigenvalue weighted by molar-refractivity contribution is 4.79. The Morgan fingerprint density at radius 2 is 2.00 bits per heavy atom. The van der Waals surface area contributed by atoms with Gasteiger partial charge in [-0.05, 0) is 18.8 Å². The summed E-state index contributed by atoms with van der Waals surface area (Å²) in [4.78, 5) is 0. The van der Waals surface area contributed by atoms with E-state index in [4.69, 9.17) is 0 Å². The Labute approximate surface area is 54.3 Å². The number of hydrogen-bond acceptors (Lipinski definition) is 0. The van der Waals surface area contributed by atoms with Crippen LogP contribution in [-0.2, 0) is 0 Å². The van der Waals surface area contributed by atoms with Crippen molar-refractivity contribution < 1.29 is 8.78 Å². The highest BCUT2D eigenvalue weighted by Gasteiger charge is 2.35. The van der Waals surface area contributed by atoms with Gasteiger partial charge in [-0.1, -0.05) is 6.92 Å². The van der Waals surface area contributed by atoms with Gasteiger partial charge in [0, 0.05) is 12.8 Å². The summed E-state index contributed by atoms with van der Waals surface area (Å²) in [6, 6.07) is 0. The minimum absolute atomic E-state index is 0.00347. The lowest BCUT2D eigenvalue weighted by Gasteiger charge is -2.11. The van der Waals surface area contributed by atoms with Crippen LogP contribution < -0.4 is 0 Å². The molecule has 0 heterocycles. The molecule has 1 fully saturated rings. The summed E-state index contributed by atoms with van der Waals surface area (Å²) in [5.74, 6) is -2.03. The Morgan fingerprint density at radius 1 is 1.44 bits per heavy atom. The van der Waals surface area contributed by atoms with Gasteiger partial charge in [-0.3, -0.25) is 0 Å². The van der Waals surface area contributed by atoms with Gasteiger partial charge in [-0.15, -0.1) is 0 Å². The lowest BCUT2D eigenvalue weighted by atomic mass is 10.1. The SMILES string of the molecule is CCC(F)(F)CC1CC1. The predicted octanol–water partition coefficient (Wildman–Crippen LogP) is 2.83. The summed E-state index contributed by atoms with van der Waals surface area (Å²) < 4.78 is 24.9. The van der Waals surface area contributed by atoms with Crippen molar-refractivity contribution in [1.29, 1.82) is 0 Å². The molecule has 1 aliphatic rings. The van der Waals surface area contributed by atoms with Crippen LogP contribution in [0.2, 0.25) is 0 Å². The Hall–Kier alpha value is -0.140. The van der Waals surface area contributed by atoms with E-state index < -0.39 is 5.92 Å². The molecule has 1 rings (SSSR count). The largest absolute Gasteiger partial charge is 0.248 e. The molecule has 0 nitrogen and oxygen atoms in total. The topological polar surface area (TPSA) is 0 Å². The van der Waals surface area contributed by atoms with Crippen molar-refractivity contribution in [2.75, 3.05) is 0 Å². The summed E-state index contributed by atoms with van der Waals surface area (Å²) in [6.07, 6.45) is 2.18. The number of alkyl halides is 2. The third kappa shape index (κ3) is 2.29. The van der Waals surface area contributed by atoms with Crippen LogP contribution in [0.25, 0.3) is 0 Å². The van der Waals surface area contributed by atoms with Crippen molar-refractivity contribution in [2.24, 2.45) is 5.92 Å². The second-order valence-corrected chi connectivity index (χ2v) is 2.86. The maximum atomic E-state index is 12.4. The summed E-state index contributed by atoms with van der Waals surface area (Å²) in [7, 11) is 0. The molecule has 0 aliphatic heterocycles. The van der Waals surface area contributed by atoms with E-state index in [9.17, 15) is 8.78 Å². The average molecular weight is 134 g/mol. The van der Waals surface area contributed by atoms with Gasteiger partial charge in [0.15, 0.2) is 0 Å². The minimum atomic E-state index is -2.37. The third-order valence-corrected chi connectivity index (χ3v) is 1.80. The lowest BCUT2D eigenvalue weighted by Crippen LogP contribution is -2.14. The second-order valence-electron chi connectivity index (χ2n) is 2.86. The minimum Gasteiger partial charge on any atom is -0.207 e. The number of hydrogen-bond donors (Lipinski definition) is 0. The molecule has 0 aromatic heterocycles. The van der Waals surface area contributed by atoms with Gasteiger partial charge in [-0.25, -0.2) is 8.78 Å². The van der Waals surface area contributed by atoms with Gasteiger partial charge in [0.1, 0.15) is 0 Å². The summed E-state index contributed by atoms with van der Waals surface area (Å²) in [5.41, 5.74) is 0. The van der Waals surface area contributed by atoms with E-state index >= 15 is 0 Å². The molecule has 1 saturated carbocycles. The summed E-state index contributed by atoms with van der Waals surface area (Å²) in [5, 5.41) is 0. The van der Waals surface area contributed by atoms with Crippen LogP contribution in [0.3, 0.4) is 0 Å². The van der Waals surface area contributed by atoms with E-state index in [-0.39, 0.29) is 12.8 Å². The fourth-order valence-corrected chi connectivity index (χ4v) is 0.889. The first kappa shape index (κ1) is 6.97. The molecule has 0 unspecified atom stereocenters. The lowest BCUT2D eigenvalue weighted by molar-refractivity contribution is -0.0166. The smallest absolute Gasteiger partial charge is 0.207 e. The molecule has 0 saturated heterocycles. The molecular weight excluding hydrogens is 122 g/mol. The highest BCUT2D eigenvalue weighted by Crippen LogP contribution is 2.40. The zero-order valence-corrected chi connectivity index (χ0v) is 5.66. The quantitative estimate of drug-likeness (QED) is 0.556. The van der Waals surface area contributed by atoms with Crippen LogP contribution in [-0.4, -0.2) is 5.92 Å². The molecule has 0 atom stereocenters. The van der Waals surface area contributed by atoms with Crippen LogP contribution in [0.5, 0.6) is 0 Å². The Balaban J connectivity index is 2.21. The Morgan fingerprint density at radius 3 is 2.33 bits per heavy atom. The highest BCUT2D eigenvalue weighted by atomic mass is 19.3. The molecule has 0 bridgehead atoms. The second kappa shape index (κ2) is 2.24. The van der Waals surface area contributed by atoms with E-state index in [0.29, 0.717) is 5.92 Å². The summed E-state index contributed by atoms with van der Waals surface area (Å²) >= 11 is 0. The van der Waals surface area contributed by atoms with E-state index in [1.165, 1.54) is 0 Å². The van der Waals surface area contributed by atoms with Gasteiger partial charge in [0.2, 0.25) is 5.92 Å². The molecule has 9 heavy (non-hydrogen) atoms. The molecule has 0 aromatic carbocycles. The summed E-state index contributed by atoms with van der Waals surface area (Å²) in [6.45, 7) is 1.54. The van der Waals surface area contributed by atoms with Crippen LogP contribution in [0.15, 0.2) is 0 Å². The van der Waals surface area contributed by atoms with Crippen molar-refractivity contribution in [3.63, 3.8) is 0 Å². The molecule has 0 amide bonds. The van der Waals surface area contributed by atoms with Crippen LogP contribution in [0, 0.1) is 5.92 Å². The normalized spacial score (nSPS) is 20.3. The molecule has 0 radical (unpaired) electrons.